The third-order valence-electron chi connectivity index (χ3n) is 11.7. The molecule has 1 aromatic heterocycles. The maximum atomic E-state index is 13.5. The van der Waals surface area contributed by atoms with Crippen molar-refractivity contribution in [2.45, 2.75) is 43.8 Å². The van der Waals surface area contributed by atoms with Gasteiger partial charge in [-0.25, -0.2) is 4.68 Å². The molecule has 0 spiro atoms. The Morgan fingerprint density at radius 2 is 1.55 bits per heavy atom. The molecular formula is C43H44BrN9O7. The second-order valence-corrected chi connectivity index (χ2v) is 16.6. The number of benzene rings is 3. The molecule has 8 rings (SSSR count). The van der Waals surface area contributed by atoms with Crippen molar-refractivity contribution in [3.63, 3.8) is 0 Å². The lowest BCUT2D eigenvalue weighted by Gasteiger charge is -2.37. The zero-order valence-electron chi connectivity index (χ0n) is 33.2. The Morgan fingerprint density at radius 3 is 2.27 bits per heavy atom. The molecule has 4 aliphatic heterocycles. The number of rotatable bonds is 9. The summed E-state index contributed by atoms with van der Waals surface area (Å²) in [5, 5.41) is 12.6. The molecule has 3 fully saturated rings. The number of carbonyl (C=O) groups excluding carboxylic acids is 6. The van der Waals surface area contributed by atoms with Crippen LogP contribution in [0.2, 0.25) is 0 Å². The number of aromatic nitrogens is 2. The minimum atomic E-state index is -1.07. The van der Waals surface area contributed by atoms with Gasteiger partial charge in [-0.3, -0.25) is 48.7 Å². The standard InChI is InChI=1S/C43H44BrN9O7/c1-49-23-29(19-31(24-49)46-34-21-45-50(2)43(60)37(34)44)26-7-9-28(10-8-26)40(57)52-17-15-51(16-18-52)22-25-3-5-27(6-4-25)38(55)47-30-11-12-32-33(20-30)42(59)53(41(32)58)35-13-14-36(54)48-39(35)56/h3-12,20-21,29,31,35,46H,13-19,22-24H2,1-2H3,(H,47,55)(H,48,54,56). The molecule has 310 valence electrons. The molecular weight excluding hydrogens is 834 g/mol. The average molecular weight is 879 g/mol. The Labute approximate surface area is 354 Å². The van der Waals surface area contributed by atoms with Crippen LogP contribution in [-0.2, 0) is 23.2 Å². The Kier molecular flexibility index (Phi) is 11.5. The predicted molar refractivity (Wildman–Crippen MR) is 225 cm³/mol. The summed E-state index contributed by atoms with van der Waals surface area (Å²) in [6.45, 7) is 4.96. The molecule has 16 nitrogen and oxygen atoms in total. The van der Waals surface area contributed by atoms with Crippen molar-refractivity contribution in [1.29, 1.82) is 0 Å². The van der Waals surface area contributed by atoms with Gasteiger partial charge in [0, 0.05) is 82.1 Å². The van der Waals surface area contributed by atoms with Crippen molar-refractivity contribution < 1.29 is 28.8 Å². The summed E-state index contributed by atoms with van der Waals surface area (Å²) in [5.74, 6) is -2.53. The average Bonchev–Trinajstić information content (AvgIpc) is 3.48. The van der Waals surface area contributed by atoms with E-state index in [1.165, 1.54) is 22.9 Å². The molecule has 60 heavy (non-hydrogen) atoms. The normalized spacial score (nSPS) is 21.1. The van der Waals surface area contributed by atoms with Crippen molar-refractivity contribution in [2.75, 3.05) is 56.9 Å². The lowest BCUT2D eigenvalue weighted by Crippen LogP contribution is -2.54. The molecule has 4 aliphatic rings. The molecule has 3 N–H and O–H groups in total. The fourth-order valence-corrected chi connectivity index (χ4v) is 8.93. The fourth-order valence-electron chi connectivity index (χ4n) is 8.46. The topological polar surface area (TPSA) is 186 Å². The highest BCUT2D eigenvalue weighted by molar-refractivity contribution is 9.10. The third-order valence-corrected chi connectivity index (χ3v) is 12.4. The first-order valence-electron chi connectivity index (χ1n) is 19.9. The zero-order chi connectivity index (χ0) is 42.2. The number of piperazine rings is 1. The number of halogens is 1. The highest BCUT2D eigenvalue weighted by atomic mass is 79.9. The molecule has 6 amide bonds. The van der Waals surface area contributed by atoms with Gasteiger partial charge in [0.1, 0.15) is 10.5 Å². The second kappa shape index (κ2) is 16.9. The van der Waals surface area contributed by atoms with E-state index in [2.05, 4.69) is 66.0 Å². The summed E-state index contributed by atoms with van der Waals surface area (Å²) < 4.78 is 1.76. The van der Waals surface area contributed by atoms with Crippen molar-refractivity contribution in [1.82, 2.24) is 34.7 Å². The summed E-state index contributed by atoms with van der Waals surface area (Å²) in [6, 6.07) is 18.6. The first-order chi connectivity index (χ1) is 28.8. The van der Waals surface area contributed by atoms with E-state index < -0.39 is 35.6 Å². The van der Waals surface area contributed by atoms with Gasteiger partial charge in [0.25, 0.3) is 29.2 Å². The van der Waals surface area contributed by atoms with Gasteiger partial charge in [0.15, 0.2) is 0 Å². The summed E-state index contributed by atoms with van der Waals surface area (Å²) in [7, 11) is 3.70. The Morgan fingerprint density at radius 1 is 0.850 bits per heavy atom. The van der Waals surface area contributed by atoms with Gasteiger partial charge in [0.05, 0.1) is 23.0 Å². The second-order valence-electron chi connectivity index (χ2n) is 15.8. The van der Waals surface area contributed by atoms with Crippen LogP contribution in [0.25, 0.3) is 0 Å². The van der Waals surface area contributed by atoms with Crippen LogP contribution in [0.5, 0.6) is 0 Å². The van der Waals surface area contributed by atoms with Gasteiger partial charge < -0.3 is 20.4 Å². The number of aryl methyl sites for hydroxylation is 1. The number of carbonyl (C=O) groups is 6. The fraction of sp³-hybridized carbons (Fsp3) is 0.349. The number of fused-ring (bicyclic) bond motifs is 1. The molecule has 0 saturated carbocycles. The van der Waals surface area contributed by atoms with Crippen LogP contribution in [-0.4, -0.2) is 123 Å². The van der Waals surface area contributed by atoms with E-state index in [-0.39, 0.29) is 47.4 Å². The summed E-state index contributed by atoms with van der Waals surface area (Å²) in [6.07, 6.45) is 2.62. The molecule has 3 atom stereocenters. The van der Waals surface area contributed by atoms with Crippen molar-refractivity contribution in [3.8, 4) is 0 Å². The number of anilines is 2. The van der Waals surface area contributed by atoms with Gasteiger partial charge in [-0.2, -0.15) is 5.10 Å². The van der Waals surface area contributed by atoms with Crippen LogP contribution in [0.1, 0.15) is 77.7 Å². The van der Waals surface area contributed by atoms with Crippen LogP contribution in [0, 0.1) is 0 Å². The maximum Gasteiger partial charge on any atom is 0.282 e. The summed E-state index contributed by atoms with van der Waals surface area (Å²) in [5.41, 5.74) is 4.26. The van der Waals surface area contributed by atoms with Crippen LogP contribution >= 0.6 is 15.9 Å². The smallest absolute Gasteiger partial charge is 0.282 e. The number of piperidine rings is 2. The molecule has 17 heteroatoms. The number of likely N-dealkylation sites (tertiary alicyclic amines) is 1. The molecule has 4 aromatic rings. The predicted octanol–water partition coefficient (Wildman–Crippen LogP) is 3.05. The van der Waals surface area contributed by atoms with E-state index in [1.807, 2.05) is 29.2 Å². The van der Waals surface area contributed by atoms with Crippen molar-refractivity contribution in [2.24, 2.45) is 7.05 Å². The van der Waals surface area contributed by atoms with E-state index >= 15 is 0 Å². The van der Waals surface area contributed by atoms with Gasteiger partial charge >= 0.3 is 0 Å². The maximum absolute atomic E-state index is 13.5. The quantitative estimate of drug-likeness (QED) is 0.210. The van der Waals surface area contributed by atoms with E-state index in [9.17, 15) is 33.6 Å². The molecule has 3 saturated heterocycles. The first-order valence-corrected chi connectivity index (χ1v) is 20.7. The zero-order valence-corrected chi connectivity index (χ0v) is 34.7. The lowest BCUT2D eigenvalue weighted by atomic mass is 9.87. The number of hydrogen-bond acceptors (Lipinski definition) is 11. The molecule has 0 radical (unpaired) electrons. The van der Waals surface area contributed by atoms with Gasteiger partial charge in [-0.15, -0.1) is 0 Å². The van der Waals surface area contributed by atoms with E-state index in [0.29, 0.717) is 59.7 Å². The summed E-state index contributed by atoms with van der Waals surface area (Å²) >= 11 is 3.41. The highest BCUT2D eigenvalue weighted by Crippen LogP contribution is 2.31. The number of imide groups is 2. The number of hydrogen-bond donors (Lipinski definition) is 3. The van der Waals surface area contributed by atoms with E-state index in [4.69, 9.17) is 0 Å². The van der Waals surface area contributed by atoms with Crippen LogP contribution in [0.4, 0.5) is 11.4 Å². The lowest BCUT2D eigenvalue weighted by molar-refractivity contribution is -0.136. The number of nitrogens with zero attached hydrogens (tertiary/aromatic N) is 6. The molecule has 5 heterocycles. The van der Waals surface area contributed by atoms with Gasteiger partial charge in [-0.1, -0.05) is 24.3 Å². The molecule has 3 aromatic carbocycles. The number of nitrogens with one attached hydrogen (secondary N) is 3. The number of amides is 6. The molecule has 3 unspecified atom stereocenters. The SMILES string of the molecule is CN1CC(Nc2cnn(C)c(=O)c2Br)CC(c2ccc(C(=O)N3CCN(Cc4ccc(C(=O)Nc5ccc6c(c5)C(=O)N(C5CCC(=O)NC5=O)C6=O)cc4)CC3)cc2)C1. The Balaban J connectivity index is 0.809. The van der Waals surface area contributed by atoms with Crippen LogP contribution in [0.15, 0.2) is 82.2 Å². The van der Waals surface area contributed by atoms with E-state index in [0.717, 1.165) is 35.5 Å². The van der Waals surface area contributed by atoms with Crippen molar-refractivity contribution in [3.05, 3.63) is 121 Å². The number of likely N-dealkylation sites (N-methyl/N-ethyl adjacent to an activating group) is 1. The highest BCUT2D eigenvalue weighted by Gasteiger charge is 2.44. The monoisotopic (exact) mass is 877 g/mol. The molecule has 0 aliphatic carbocycles. The minimum absolute atomic E-state index is 0.00542. The van der Waals surface area contributed by atoms with Crippen LogP contribution in [0.3, 0.4) is 0 Å². The Hall–Kier alpha value is -6.04. The Bertz CT molecular complexity index is 2450. The molecule has 0 bridgehead atoms. The minimum Gasteiger partial charge on any atom is -0.379 e. The summed E-state index contributed by atoms with van der Waals surface area (Å²) in [4.78, 5) is 96.5. The van der Waals surface area contributed by atoms with Crippen molar-refractivity contribution >= 4 is 62.7 Å². The third kappa shape index (κ3) is 8.37. The van der Waals surface area contributed by atoms with Gasteiger partial charge in [0.2, 0.25) is 11.8 Å². The largest absolute Gasteiger partial charge is 0.379 e. The van der Waals surface area contributed by atoms with Crippen LogP contribution < -0.4 is 21.5 Å². The van der Waals surface area contributed by atoms with Gasteiger partial charge in [-0.05, 0) is 95.3 Å². The first kappa shape index (κ1) is 40.7. The van der Waals surface area contributed by atoms with E-state index in [1.54, 1.807) is 25.4 Å².